The van der Waals surface area contributed by atoms with Crippen LogP contribution in [-0.4, -0.2) is 18.7 Å². The van der Waals surface area contributed by atoms with Crippen LogP contribution in [0.2, 0.25) is 0 Å². The van der Waals surface area contributed by atoms with Crippen molar-refractivity contribution >= 4 is 15.9 Å². The molecule has 0 spiro atoms. The van der Waals surface area contributed by atoms with Crippen LogP contribution in [0, 0.1) is 5.92 Å². The molecule has 0 aliphatic heterocycles. The molecule has 0 heterocycles. The highest BCUT2D eigenvalue weighted by molar-refractivity contribution is 9.10. The number of nitrogens with one attached hydrogen (secondary N) is 1. The van der Waals surface area contributed by atoms with E-state index in [1.54, 1.807) is 0 Å². The van der Waals surface area contributed by atoms with Crippen LogP contribution in [0.5, 0.6) is 5.75 Å². The van der Waals surface area contributed by atoms with Crippen LogP contribution in [0.4, 0.5) is 0 Å². The molecule has 2 nitrogen and oxygen atoms in total. The molecule has 94 valence electrons. The van der Waals surface area contributed by atoms with Crippen molar-refractivity contribution in [3.8, 4) is 5.75 Å². The van der Waals surface area contributed by atoms with Crippen LogP contribution in [-0.2, 0) is 0 Å². The molecule has 0 amide bonds. The molecule has 1 aliphatic carbocycles. The van der Waals surface area contributed by atoms with Gasteiger partial charge < -0.3 is 10.1 Å². The molecule has 0 radical (unpaired) electrons. The van der Waals surface area contributed by atoms with Gasteiger partial charge in [-0.1, -0.05) is 26.0 Å². The average molecular weight is 298 g/mol. The Hall–Kier alpha value is -0.540. The summed E-state index contributed by atoms with van der Waals surface area (Å²) in [5.41, 5.74) is 0.0404. The lowest BCUT2D eigenvalue weighted by molar-refractivity contribution is 0.173. The highest BCUT2D eigenvalue weighted by Gasteiger charge is 2.45. The van der Waals surface area contributed by atoms with E-state index in [9.17, 15) is 0 Å². The van der Waals surface area contributed by atoms with Gasteiger partial charge in [0.1, 0.15) is 11.4 Å². The van der Waals surface area contributed by atoms with Crippen molar-refractivity contribution in [2.45, 2.75) is 32.3 Å². The Balaban J connectivity index is 1.88. The van der Waals surface area contributed by atoms with Gasteiger partial charge in [0.2, 0.25) is 0 Å². The fourth-order valence-corrected chi connectivity index (χ4v) is 2.17. The number of benzene rings is 1. The first-order chi connectivity index (χ1) is 8.11. The minimum absolute atomic E-state index is 0.0404. The van der Waals surface area contributed by atoms with Crippen molar-refractivity contribution < 1.29 is 4.74 Å². The summed E-state index contributed by atoms with van der Waals surface area (Å²) in [5.74, 6) is 1.64. The van der Waals surface area contributed by atoms with Gasteiger partial charge in [0.25, 0.3) is 0 Å². The number of halogens is 1. The van der Waals surface area contributed by atoms with Crippen molar-refractivity contribution in [2.75, 3.05) is 13.1 Å². The summed E-state index contributed by atoms with van der Waals surface area (Å²) in [5, 5.41) is 3.49. The van der Waals surface area contributed by atoms with E-state index in [0.717, 1.165) is 36.2 Å². The second-order valence-corrected chi connectivity index (χ2v) is 6.09. The van der Waals surface area contributed by atoms with E-state index in [1.807, 2.05) is 24.3 Å². The van der Waals surface area contributed by atoms with Crippen LogP contribution < -0.4 is 10.1 Å². The number of para-hydroxylation sites is 1. The Kier molecular flexibility index (Phi) is 4.10. The zero-order valence-corrected chi connectivity index (χ0v) is 12.1. The zero-order valence-electron chi connectivity index (χ0n) is 10.5. The molecule has 0 atom stereocenters. The average Bonchev–Trinajstić information content (AvgIpc) is 3.01. The first kappa shape index (κ1) is 12.9. The molecule has 0 unspecified atom stereocenters. The summed E-state index contributed by atoms with van der Waals surface area (Å²) < 4.78 is 7.15. The summed E-state index contributed by atoms with van der Waals surface area (Å²) >= 11 is 3.52. The summed E-state index contributed by atoms with van der Waals surface area (Å²) in [7, 11) is 0. The third-order valence-electron chi connectivity index (χ3n) is 2.97. The Bertz CT molecular complexity index is 374. The Labute approximate surface area is 112 Å². The first-order valence-electron chi connectivity index (χ1n) is 6.26. The SMILES string of the molecule is CC(C)CNCC1(Oc2ccccc2Br)CC1. The zero-order chi connectivity index (χ0) is 12.3. The lowest BCUT2D eigenvalue weighted by Crippen LogP contribution is -2.35. The number of hydrogen-bond donors (Lipinski definition) is 1. The van der Waals surface area contributed by atoms with E-state index in [2.05, 4.69) is 35.1 Å². The third-order valence-corrected chi connectivity index (χ3v) is 3.63. The van der Waals surface area contributed by atoms with Crippen molar-refractivity contribution in [1.82, 2.24) is 5.32 Å². The van der Waals surface area contributed by atoms with E-state index in [-0.39, 0.29) is 5.60 Å². The van der Waals surface area contributed by atoms with Gasteiger partial charge in [0.15, 0.2) is 0 Å². The van der Waals surface area contributed by atoms with Gasteiger partial charge >= 0.3 is 0 Å². The smallest absolute Gasteiger partial charge is 0.134 e. The molecule has 1 fully saturated rings. The lowest BCUT2D eigenvalue weighted by atomic mass is 10.2. The van der Waals surface area contributed by atoms with E-state index < -0.39 is 0 Å². The Morgan fingerprint density at radius 2 is 2.06 bits per heavy atom. The maximum Gasteiger partial charge on any atom is 0.134 e. The summed E-state index contributed by atoms with van der Waals surface area (Å²) in [6.45, 7) is 6.45. The first-order valence-corrected chi connectivity index (χ1v) is 7.05. The maximum absolute atomic E-state index is 6.12. The molecule has 0 bridgehead atoms. The van der Waals surface area contributed by atoms with Gasteiger partial charge in [-0.05, 0) is 53.4 Å². The van der Waals surface area contributed by atoms with E-state index in [4.69, 9.17) is 4.74 Å². The van der Waals surface area contributed by atoms with Gasteiger partial charge in [0, 0.05) is 6.54 Å². The van der Waals surface area contributed by atoms with Crippen LogP contribution in [0.1, 0.15) is 26.7 Å². The van der Waals surface area contributed by atoms with Crippen LogP contribution in [0.25, 0.3) is 0 Å². The third kappa shape index (κ3) is 3.71. The minimum atomic E-state index is 0.0404. The summed E-state index contributed by atoms with van der Waals surface area (Å²) in [4.78, 5) is 0. The van der Waals surface area contributed by atoms with Gasteiger partial charge in [-0.25, -0.2) is 0 Å². The predicted octanol–water partition coefficient (Wildman–Crippen LogP) is 3.61. The second-order valence-electron chi connectivity index (χ2n) is 5.24. The van der Waals surface area contributed by atoms with E-state index in [1.165, 1.54) is 0 Å². The molecule has 1 N–H and O–H groups in total. The summed E-state index contributed by atoms with van der Waals surface area (Å²) in [6.07, 6.45) is 2.30. The maximum atomic E-state index is 6.12. The molecular formula is C14H20BrNO. The molecule has 1 aromatic rings. The van der Waals surface area contributed by atoms with Crippen molar-refractivity contribution in [3.63, 3.8) is 0 Å². The molecule has 1 aromatic carbocycles. The highest BCUT2D eigenvalue weighted by atomic mass is 79.9. The standard InChI is InChI=1S/C14H20BrNO/c1-11(2)9-16-10-14(7-8-14)17-13-6-4-3-5-12(13)15/h3-6,11,16H,7-10H2,1-2H3. The normalized spacial score (nSPS) is 17.2. The highest BCUT2D eigenvalue weighted by Crippen LogP contribution is 2.41. The molecule has 2 rings (SSSR count). The van der Waals surface area contributed by atoms with E-state index in [0.29, 0.717) is 5.92 Å². The molecule has 1 aliphatic rings. The van der Waals surface area contributed by atoms with Crippen LogP contribution in [0.3, 0.4) is 0 Å². The fourth-order valence-electron chi connectivity index (χ4n) is 1.80. The summed E-state index contributed by atoms with van der Waals surface area (Å²) in [6, 6.07) is 8.06. The molecule has 3 heteroatoms. The van der Waals surface area contributed by atoms with Crippen LogP contribution in [0.15, 0.2) is 28.7 Å². The van der Waals surface area contributed by atoms with Gasteiger partial charge in [-0.2, -0.15) is 0 Å². The Morgan fingerprint density at radius 1 is 1.35 bits per heavy atom. The predicted molar refractivity (Wildman–Crippen MR) is 74.4 cm³/mol. The molecule has 1 saturated carbocycles. The largest absolute Gasteiger partial charge is 0.485 e. The second kappa shape index (κ2) is 5.40. The van der Waals surface area contributed by atoms with Gasteiger partial charge in [0.05, 0.1) is 4.47 Å². The van der Waals surface area contributed by atoms with Gasteiger partial charge in [-0.15, -0.1) is 0 Å². The van der Waals surface area contributed by atoms with Crippen LogP contribution >= 0.6 is 15.9 Å². The van der Waals surface area contributed by atoms with E-state index >= 15 is 0 Å². The lowest BCUT2D eigenvalue weighted by Gasteiger charge is -2.20. The number of rotatable bonds is 6. The number of hydrogen-bond acceptors (Lipinski definition) is 2. The quantitative estimate of drug-likeness (QED) is 0.866. The molecule has 17 heavy (non-hydrogen) atoms. The minimum Gasteiger partial charge on any atom is -0.485 e. The van der Waals surface area contributed by atoms with Crippen molar-refractivity contribution in [2.24, 2.45) is 5.92 Å². The monoisotopic (exact) mass is 297 g/mol. The molecule has 0 aromatic heterocycles. The molecule has 0 saturated heterocycles. The van der Waals surface area contributed by atoms with Crippen molar-refractivity contribution in [3.05, 3.63) is 28.7 Å². The van der Waals surface area contributed by atoms with Crippen molar-refractivity contribution in [1.29, 1.82) is 0 Å². The van der Waals surface area contributed by atoms with Gasteiger partial charge in [-0.3, -0.25) is 0 Å². The fraction of sp³-hybridized carbons (Fsp3) is 0.571. The Morgan fingerprint density at radius 3 is 2.65 bits per heavy atom. The number of ether oxygens (including phenoxy) is 1. The molecular weight excluding hydrogens is 278 g/mol. The topological polar surface area (TPSA) is 21.3 Å².